The SMILES string of the molecule is CCC(CNC1CCSCC1)N(C)C. The number of thioether (sulfide) groups is 1. The Morgan fingerprint density at radius 2 is 2.00 bits per heavy atom. The molecule has 1 unspecified atom stereocenters. The number of rotatable bonds is 5. The summed E-state index contributed by atoms with van der Waals surface area (Å²) in [5, 5.41) is 3.70. The fourth-order valence-corrected chi connectivity index (χ4v) is 3.00. The molecule has 1 heterocycles. The van der Waals surface area contributed by atoms with Crippen molar-refractivity contribution < 1.29 is 0 Å². The van der Waals surface area contributed by atoms with Gasteiger partial charge >= 0.3 is 0 Å². The molecule has 1 saturated heterocycles. The van der Waals surface area contributed by atoms with Crippen molar-refractivity contribution in [3.63, 3.8) is 0 Å². The van der Waals surface area contributed by atoms with Crippen molar-refractivity contribution in [2.75, 3.05) is 32.1 Å². The van der Waals surface area contributed by atoms with E-state index in [1.54, 1.807) is 0 Å². The lowest BCUT2D eigenvalue weighted by Gasteiger charge is -2.28. The first-order valence-corrected chi connectivity index (χ1v) is 6.87. The van der Waals surface area contributed by atoms with Crippen LogP contribution >= 0.6 is 11.8 Å². The summed E-state index contributed by atoms with van der Waals surface area (Å²) in [7, 11) is 4.35. The molecule has 0 amide bonds. The Labute approximate surface area is 92.8 Å². The summed E-state index contributed by atoms with van der Waals surface area (Å²) in [4.78, 5) is 2.32. The van der Waals surface area contributed by atoms with Crippen molar-refractivity contribution in [2.45, 2.75) is 38.3 Å². The first kappa shape index (κ1) is 12.3. The van der Waals surface area contributed by atoms with Crippen LogP contribution in [-0.2, 0) is 0 Å². The molecule has 0 bridgehead atoms. The van der Waals surface area contributed by atoms with Crippen molar-refractivity contribution in [1.29, 1.82) is 0 Å². The Hall–Kier alpha value is 0.270. The van der Waals surface area contributed by atoms with Crippen LogP contribution in [0.5, 0.6) is 0 Å². The fraction of sp³-hybridized carbons (Fsp3) is 1.00. The van der Waals surface area contributed by atoms with Crippen LogP contribution in [0.2, 0.25) is 0 Å². The van der Waals surface area contributed by atoms with Gasteiger partial charge in [0, 0.05) is 18.6 Å². The largest absolute Gasteiger partial charge is 0.312 e. The third-order valence-electron chi connectivity index (χ3n) is 3.06. The van der Waals surface area contributed by atoms with Crippen molar-refractivity contribution in [3.05, 3.63) is 0 Å². The highest BCUT2D eigenvalue weighted by molar-refractivity contribution is 7.99. The van der Waals surface area contributed by atoms with Crippen molar-refractivity contribution in [1.82, 2.24) is 10.2 Å². The van der Waals surface area contributed by atoms with Crippen LogP contribution in [0, 0.1) is 0 Å². The smallest absolute Gasteiger partial charge is 0.0212 e. The lowest BCUT2D eigenvalue weighted by Crippen LogP contribution is -2.42. The molecule has 0 saturated carbocycles. The maximum Gasteiger partial charge on any atom is 0.0212 e. The highest BCUT2D eigenvalue weighted by Crippen LogP contribution is 2.16. The molecule has 1 aliphatic rings. The predicted molar refractivity (Wildman–Crippen MR) is 66.1 cm³/mol. The fourth-order valence-electron chi connectivity index (χ4n) is 1.90. The second kappa shape index (κ2) is 6.70. The van der Waals surface area contributed by atoms with E-state index in [2.05, 4.69) is 43.0 Å². The maximum absolute atomic E-state index is 3.70. The van der Waals surface area contributed by atoms with E-state index in [1.807, 2.05) is 0 Å². The Balaban J connectivity index is 2.16. The average molecular weight is 216 g/mol. The zero-order valence-corrected chi connectivity index (χ0v) is 10.6. The molecule has 1 N–H and O–H groups in total. The van der Waals surface area contributed by atoms with Gasteiger partial charge in [-0.1, -0.05) is 6.92 Å². The maximum atomic E-state index is 3.70. The normalized spacial score (nSPS) is 21.4. The van der Waals surface area contributed by atoms with E-state index in [9.17, 15) is 0 Å². The number of nitrogens with zero attached hydrogens (tertiary/aromatic N) is 1. The average Bonchev–Trinajstić information content (AvgIpc) is 2.20. The van der Waals surface area contributed by atoms with Gasteiger partial charge in [-0.3, -0.25) is 0 Å². The Morgan fingerprint density at radius 3 is 2.50 bits per heavy atom. The zero-order chi connectivity index (χ0) is 10.4. The highest BCUT2D eigenvalue weighted by atomic mass is 32.2. The topological polar surface area (TPSA) is 15.3 Å². The van der Waals surface area contributed by atoms with Gasteiger partial charge in [0.25, 0.3) is 0 Å². The number of nitrogens with one attached hydrogen (secondary N) is 1. The second-order valence-corrected chi connectivity index (χ2v) is 5.55. The van der Waals surface area contributed by atoms with Gasteiger partial charge in [0.15, 0.2) is 0 Å². The molecule has 3 heteroatoms. The molecule has 0 radical (unpaired) electrons. The third kappa shape index (κ3) is 4.20. The molecule has 2 nitrogen and oxygen atoms in total. The first-order chi connectivity index (χ1) is 6.74. The van der Waals surface area contributed by atoms with Crippen molar-refractivity contribution in [2.24, 2.45) is 0 Å². The van der Waals surface area contributed by atoms with Crippen molar-refractivity contribution >= 4 is 11.8 Å². The number of hydrogen-bond donors (Lipinski definition) is 1. The van der Waals surface area contributed by atoms with Crippen LogP contribution in [0.15, 0.2) is 0 Å². The van der Waals surface area contributed by atoms with Crippen molar-refractivity contribution in [3.8, 4) is 0 Å². The highest BCUT2D eigenvalue weighted by Gasteiger charge is 2.15. The van der Waals surface area contributed by atoms with Gasteiger partial charge in [0.05, 0.1) is 0 Å². The van der Waals surface area contributed by atoms with Gasteiger partial charge in [-0.2, -0.15) is 11.8 Å². The summed E-state index contributed by atoms with van der Waals surface area (Å²) in [5.74, 6) is 2.69. The molecule has 0 aromatic rings. The number of likely N-dealkylation sites (N-methyl/N-ethyl adjacent to an activating group) is 1. The van der Waals surface area contributed by atoms with E-state index in [0.717, 1.165) is 12.6 Å². The molecular formula is C11H24N2S. The van der Waals surface area contributed by atoms with Crippen LogP contribution in [0.1, 0.15) is 26.2 Å². The summed E-state index contributed by atoms with van der Waals surface area (Å²) in [5.41, 5.74) is 0. The minimum absolute atomic E-state index is 0.699. The molecule has 0 aromatic heterocycles. The monoisotopic (exact) mass is 216 g/mol. The van der Waals surface area contributed by atoms with Crippen LogP contribution in [0.3, 0.4) is 0 Å². The molecule has 0 aliphatic carbocycles. The molecule has 0 aromatic carbocycles. The van der Waals surface area contributed by atoms with Gasteiger partial charge in [0.2, 0.25) is 0 Å². The van der Waals surface area contributed by atoms with E-state index in [0.29, 0.717) is 6.04 Å². The predicted octanol–water partition coefficient (Wildman–Crippen LogP) is 1.81. The van der Waals surface area contributed by atoms with Crippen LogP contribution < -0.4 is 5.32 Å². The van der Waals surface area contributed by atoms with Gasteiger partial charge in [0.1, 0.15) is 0 Å². The van der Waals surface area contributed by atoms with E-state index in [4.69, 9.17) is 0 Å². The van der Waals surface area contributed by atoms with Gasteiger partial charge in [-0.25, -0.2) is 0 Å². The van der Waals surface area contributed by atoms with Gasteiger partial charge in [-0.15, -0.1) is 0 Å². The molecule has 14 heavy (non-hydrogen) atoms. The van der Waals surface area contributed by atoms with Crippen LogP contribution in [0.25, 0.3) is 0 Å². The summed E-state index contributed by atoms with van der Waals surface area (Å²) in [6, 6.07) is 1.48. The van der Waals surface area contributed by atoms with Crippen LogP contribution in [0.4, 0.5) is 0 Å². The quantitative estimate of drug-likeness (QED) is 0.754. The molecule has 1 atom stereocenters. The molecule has 1 fully saturated rings. The first-order valence-electron chi connectivity index (χ1n) is 5.71. The number of hydrogen-bond acceptors (Lipinski definition) is 3. The third-order valence-corrected chi connectivity index (χ3v) is 4.11. The van der Waals surface area contributed by atoms with E-state index < -0.39 is 0 Å². The Bertz CT molecular complexity index is 144. The lowest BCUT2D eigenvalue weighted by atomic mass is 10.1. The minimum Gasteiger partial charge on any atom is -0.312 e. The lowest BCUT2D eigenvalue weighted by molar-refractivity contribution is 0.265. The summed E-state index contributed by atoms with van der Waals surface area (Å²) < 4.78 is 0. The molecular weight excluding hydrogens is 192 g/mol. The Morgan fingerprint density at radius 1 is 1.36 bits per heavy atom. The standard InChI is InChI=1S/C11H24N2S/c1-4-11(13(2)3)9-12-10-5-7-14-8-6-10/h10-12H,4-9H2,1-3H3. The molecule has 0 spiro atoms. The summed E-state index contributed by atoms with van der Waals surface area (Å²) in [6.07, 6.45) is 3.95. The molecule has 1 aliphatic heterocycles. The van der Waals surface area contributed by atoms with E-state index >= 15 is 0 Å². The zero-order valence-electron chi connectivity index (χ0n) is 9.75. The van der Waals surface area contributed by atoms with E-state index in [-0.39, 0.29) is 0 Å². The molecule has 84 valence electrons. The van der Waals surface area contributed by atoms with Gasteiger partial charge < -0.3 is 10.2 Å². The summed E-state index contributed by atoms with van der Waals surface area (Å²) in [6.45, 7) is 3.42. The second-order valence-electron chi connectivity index (χ2n) is 4.32. The molecule has 1 rings (SSSR count). The van der Waals surface area contributed by atoms with Gasteiger partial charge in [-0.05, 0) is 44.9 Å². The van der Waals surface area contributed by atoms with Crippen LogP contribution in [-0.4, -0.2) is 49.1 Å². The van der Waals surface area contributed by atoms with E-state index in [1.165, 1.54) is 30.8 Å². The summed E-state index contributed by atoms with van der Waals surface area (Å²) >= 11 is 2.09. The Kier molecular flexibility index (Phi) is 5.90. The minimum atomic E-state index is 0.699.